The van der Waals surface area contributed by atoms with E-state index in [1.807, 2.05) is 28.7 Å². The van der Waals surface area contributed by atoms with Crippen LogP contribution >= 0.6 is 11.8 Å². The van der Waals surface area contributed by atoms with Gasteiger partial charge in [-0.15, -0.1) is 10.2 Å². The molecule has 126 valence electrons. The van der Waals surface area contributed by atoms with Crippen molar-refractivity contribution in [1.82, 2.24) is 19.2 Å². The summed E-state index contributed by atoms with van der Waals surface area (Å²) in [6.45, 7) is 4.30. The molecule has 0 unspecified atom stereocenters. The fraction of sp³-hybridized carbons (Fsp3) is 0.412. The number of Topliss-reactive ketones (excluding diaryl/α,β-unsaturated/α-hetero) is 1. The first-order valence-electron chi connectivity index (χ1n) is 8.12. The van der Waals surface area contributed by atoms with Gasteiger partial charge in [0.15, 0.2) is 5.16 Å². The van der Waals surface area contributed by atoms with Crippen molar-refractivity contribution in [2.75, 3.05) is 5.75 Å². The second kappa shape index (κ2) is 7.17. The minimum absolute atomic E-state index is 0.0373. The van der Waals surface area contributed by atoms with Gasteiger partial charge in [0, 0.05) is 6.54 Å². The summed E-state index contributed by atoms with van der Waals surface area (Å²) in [5, 5.41) is 9.73. The first-order valence-corrected chi connectivity index (χ1v) is 9.11. The highest BCUT2D eigenvalue weighted by molar-refractivity contribution is 7.99. The number of nitrogens with zero attached hydrogens (tertiary/aromatic N) is 4. The van der Waals surface area contributed by atoms with Crippen LogP contribution in [0.15, 0.2) is 34.2 Å². The van der Waals surface area contributed by atoms with Crippen molar-refractivity contribution >= 4 is 34.2 Å². The second-order valence-electron chi connectivity index (χ2n) is 5.79. The Morgan fingerprint density at radius 2 is 2.00 bits per heavy atom. The molecule has 0 saturated heterocycles. The number of para-hydroxylation sites is 1. The van der Waals surface area contributed by atoms with Crippen LogP contribution in [0.3, 0.4) is 0 Å². The Kier molecular flexibility index (Phi) is 4.99. The third-order valence-corrected chi connectivity index (χ3v) is 4.94. The Hall–Kier alpha value is -2.15. The van der Waals surface area contributed by atoms with E-state index in [2.05, 4.69) is 17.1 Å². The summed E-state index contributed by atoms with van der Waals surface area (Å²) in [5.41, 5.74) is 0.741. The number of aromatic nitrogens is 4. The molecule has 0 atom stereocenters. The van der Waals surface area contributed by atoms with E-state index in [0.717, 1.165) is 24.8 Å². The van der Waals surface area contributed by atoms with Crippen LogP contribution in [0, 0.1) is 0 Å². The molecule has 24 heavy (non-hydrogen) atoms. The van der Waals surface area contributed by atoms with Gasteiger partial charge >= 0.3 is 0 Å². The molecule has 0 amide bonds. The highest BCUT2D eigenvalue weighted by Gasteiger charge is 2.16. The molecule has 0 bridgehead atoms. The first kappa shape index (κ1) is 16.7. The van der Waals surface area contributed by atoms with E-state index in [1.54, 1.807) is 11.5 Å². The van der Waals surface area contributed by atoms with Crippen molar-refractivity contribution in [3.63, 3.8) is 0 Å². The van der Waals surface area contributed by atoms with Crippen molar-refractivity contribution < 1.29 is 4.79 Å². The van der Waals surface area contributed by atoms with Crippen LogP contribution in [-0.2, 0) is 11.3 Å². The summed E-state index contributed by atoms with van der Waals surface area (Å²) in [7, 11) is 0. The van der Waals surface area contributed by atoms with Gasteiger partial charge in [0.2, 0.25) is 5.78 Å². The Morgan fingerprint density at radius 3 is 2.75 bits per heavy atom. The normalized spacial score (nSPS) is 11.4. The maximum Gasteiger partial charge on any atom is 0.262 e. The predicted molar refractivity (Wildman–Crippen MR) is 95.7 cm³/mol. The van der Waals surface area contributed by atoms with Gasteiger partial charge in [0.1, 0.15) is 5.78 Å². The first-order chi connectivity index (χ1) is 11.6. The quantitative estimate of drug-likeness (QED) is 0.487. The van der Waals surface area contributed by atoms with E-state index in [1.165, 1.54) is 11.8 Å². The molecule has 0 aliphatic heterocycles. The lowest BCUT2D eigenvalue weighted by atomic mass is 10.2. The number of fused-ring (bicyclic) bond motifs is 3. The topological polar surface area (TPSA) is 69.3 Å². The van der Waals surface area contributed by atoms with Crippen LogP contribution in [-0.4, -0.2) is 30.7 Å². The van der Waals surface area contributed by atoms with Crippen molar-refractivity contribution in [1.29, 1.82) is 0 Å². The molecule has 0 spiro atoms. The summed E-state index contributed by atoms with van der Waals surface area (Å²) < 4.78 is 3.58. The number of rotatable bonds is 7. The highest BCUT2D eigenvalue weighted by Crippen LogP contribution is 2.21. The van der Waals surface area contributed by atoms with Crippen LogP contribution < -0.4 is 5.56 Å². The molecule has 2 aromatic heterocycles. The number of ketones is 1. The van der Waals surface area contributed by atoms with E-state index in [9.17, 15) is 9.59 Å². The molecule has 7 heteroatoms. The molecule has 0 saturated carbocycles. The Labute approximate surface area is 143 Å². The zero-order chi connectivity index (χ0) is 17.1. The zero-order valence-electron chi connectivity index (χ0n) is 13.9. The van der Waals surface area contributed by atoms with Gasteiger partial charge in [0.25, 0.3) is 5.56 Å². The smallest absolute Gasteiger partial charge is 0.262 e. The summed E-state index contributed by atoms with van der Waals surface area (Å²) in [6.07, 6.45) is 3.07. The van der Waals surface area contributed by atoms with E-state index >= 15 is 0 Å². The average molecular weight is 344 g/mol. The van der Waals surface area contributed by atoms with Crippen LogP contribution in [0.4, 0.5) is 0 Å². The number of carbonyl (C=O) groups excluding carboxylic acids is 1. The molecule has 0 radical (unpaired) electrons. The van der Waals surface area contributed by atoms with E-state index in [4.69, 9.17) is 0 Å². The molecule has 0 aliphatic carbocycles. The van der Waals surface area contributed by atoms with Gasteiger partial charge < -0.3 is 0 Å². The number of benzene rings is 1. The standard InChI is InChI=1S/C17H20N4O2S/c1-3-4-7-10-20-15(23)13-8-5-6-9-14(13)21-16(20)18-19-17(21)24-11-12(2)22/h5-6,8-9H,3-4,7,10-11H2,1-2H3. The van der Waals surface area contributed by atoms with Gasteiger partial charge in [-0.2, -0.15) is 0 Å². The third kappa shape index (κ3) is 3.08. The zero-order valence-corrected chi connectivity index (χ0v) is 14.7. The van der Waals surface area contributed by atoms with Gasteiger partial charge in [-0.25, -0.2) is 0 Å². The molecule has 1 aromatic carbocycles. The fourth-order valence-electron chi connectivity index (χ4n) is 2.71. The molecule has 0 N–H and O–H groups in total. The highest BCUT2D eigenvalue weighted by atomic mass is 32.2. The Morgan fingerprint density at radius 1 is 1.21 bits per heavy atom. The number of carbonyl (C=O) groups is 1. The van der Waals surface area contributed by atoms with Crippen LogP contribution in [0.5, 0.6) is 0 Å². The molecule has 2 heterocycles. The number of hydrogen-bond donors (Lipinski definition) is 0. The van der Waals surface area contributed by atoms with Crippen LogP contribution in [0.2, 0.25) is 0 Å². The molecular weight excluding hydrogens is 324 g/mol. The lowest BCUT2D eigenvalue weighted by molar-refractivity contribution is -0.114. The average Bonchev–Trinajstić information content (AvgIpc) is 3.00. The lowest BCUT2D eigenvalue weighted by Crippen LogP contribution is -2.23. The van der Waals surface area contributed by atoms with E-state index < -0.39 is 0 Å². The van der Waals surface area contributed by atoms with Gasteiger partial charge in [-0.3, -0.25) is 18.6 Å². The van der Waals surface area contributed by atoms with Crippen molar-refractivity contribution in [3.8, 4) is 0 Å². The maximum absolute atomic E-state index is 12.8. The van der Waals surface area contributed by atoms with Crippen LogP contribution in [0.25, 0.3) is 16.7 Å². The lowest BCUT2D eigenvalue weighted by Gasteiger charge is -2.10. The van der Waals surface area contributed by atoms with Crippen molar-refractivity contribution in [2.45, 2.75) is 44.8 Å². The van der Waals surface area contributed by atoms with Crippen LogP contribution in [0.1, 0.15) is 33.1 Å². The third-order valence-electron chi connectivity index (χ3n) is 3.87. The molecule has 0 aliphatic rings. The summed E-state index contributed by atoms with van der Waals surface area (Å²) in [6, 6.07) is 7.47. The maximum atomic E-state index is 12.8. The molecule has 3 aromatic rings. The fourth-order valence-corrected chi connectivity index (χ4v) is 3.45. The number of thioether (sulfide) groups is 1. The van der Waals surface area contributed by atoms with Gasteiger partial charge in [-0.1, -0.05) is 43.7 Å². The predicted octanol–water partition coefficient (Wildman–Crippen LogP) is 2.92. The van der Waals surface area contributed by atoms with E-state index in [-0.39, 0.29) is 11.3 Å². The second-order valence-corrected chi connectivity index (χ2v) is 6.73. The number of aryl methyl sites for hydroxylation is 1. The Balaban J connectivity index is 2.20. The number of unbranched alkanes of at least 4 members (excludes halogenated alkanes) is 2. The summed E-state index contributed by atoms with van der Waals surface area (Å²) >= 11 is 1.35. The Bertz CT molecular complexity index is 945. The largest absolute Gasteiger partial charge is 0.299 e. The monoisotopic (exact) mass is 344 g/mol. The molecule has 0 fully saturated rings. The van der Waals surface area contributed by atoms with Gasteiger partial charge in [0.05, 0.1) is 16.7 Å². The number of hydrogen-bond acceptors (Lipinski definition) is 5. The minimum atomic E-state index is -0.0373. The summed E-state index contributed by atoms with van der Waals surface area (Å²) in [4.78, 5) is 24.1. The molecule has 6 nitrogen and oxygen atoms in total. The molecular formula is C17H20N4O2S. The van der Waals surface area contributed by atoms with Gasteiger partial charge in [-0.05, 0) is 25.5 Å². The van der Waals surface area contributed by atoms with Crippen molar-refractivity contribution in [2.24, 2.45) is 0 Å². The van der Waals surface area contributed by atoms with E-state index in [0.29, 0.717) is 28.6 Å². The van der Waals surface area contributed by atoms with Crippen molar-refractivity contribution in [3.05, 3.63) is 34.6 Å². The summed E-state index contributed by atoms with van der Waals surface area (Å²) in [5.74, 6) is 0.961. The molecule has 3 rings (SSSR count). The SMILES string of the molecule is CCCCCn1c(=O)c2ccccc2n2c(SCC(C)=O)nnc12. The minimum Gasteiger partial charge on any atom is -0.299 e.